The van der Waals surface area contributed by atoms with E-state index >= 15 is 0 Å². The molecule has 2 rings (SSSR count). The average molecular weight is 231 g/mol. The molecule has 0 aliphatic rings. The lowest BCUT2D eigenvalue weighted by molar-refractivity contribution is 0.661. The van der Waals surface area contributed by atoms with Crippen molar-refractivity contribution < 1.29 is 0 Å². The first kappa shape index (κ1) is 9.50. The zero-order chi connectivity index (χ0) is 9.80. The summed E-state index contributed by atoms with van der Waals surface area (Å²) in [6.45, 7) is 1.22. The minimum atomic E-state index is 0.563. The van der Waals surface area contributed by atoms with Crippen molar-refractivity contribution in [1.29, 1.82) is 0 Å². The van der Waals surface area contributed by atoms with E-state index in [2.05, 4.69) is 30.9 Å². The normalized spacial score (nSPS) is 10.6. The van der Waals surface area contributed by atoms with E-state index in [0.717, 1.165) is 5.01 Å². The Bertz CT molecular complexity index is 385. The highest BCUT2D eigenvalue weighted by Gasteiger charge is 2.00. The van der Waals surface area contributed by atoms with Crippen LogP contribution in [0.5, 0.6) is 0 Å². The zero-order valence-corrected chi connectivity index (χ0v) is 8.64. The number of aromatic nitrogens is 5. The molecule has 0 saturated heterocycles. The summed E-state index contributed by atoms with van der Waals surface area (Å²) in [5.74, 6) is 0.632. The number of halogens is 1. The molecule has 6 nitrogen and oxygen atoms in total. The monoisotopic (exact) mass is 230 g/mol. The Morgan fingerprint density at radius 3 is 3.07 bits per heavy atom. The summed E-state index contributed by atoms with van der Waals surface area (Å²) in [4.78, 5) is 4.09. The number of nitrogens with one attached hydrogen (secondary N) is 2. The molecule has 2 heterocycles. The summed E-state index contributed by atoms with van der Waals surface area (Å²) in [6, 6.07) is 0. The van der Waals surface area contributed by atoms with Crippen LogP contribution in [0, 0.1) is 0 Å². The van der Waals surface area contributed by atoms with Gasteiger partial charge < -0.3 is 5.32 Å². The van der Waals surface area contributed by atoms with Crippen molar-refractivity contribution in [2.24, 2.45) is 0 Å². The quantitative estimate of drug-likeness (QED) is 0.804. The van der Waals surface area contributed by atoms with Crippen molar-refractivity contribution in [2.45, 2.75) is 13.1 Å². The van der Waals surface area contributed by atoms with Gasteiger partial charge >= 0.3 is 0 Å². The van der Waals surface area contributed by atoms with Crippen LogP contribution in [0.15, 0.2) is 6.20 Å². The van der Waals surface area contributed by atoms with Crippen LogP contribution in [0.2, 0.25) is 4.34 Å². The summed E-state index contributed by atoms with van der Waals surface area (Å²) in [5, 5.41) is 17.5. The minimum absolute atomic E-state index is 0.563. The van der Waals surface area contributed by atoms with Crippen LogP contribution in [0.4, 0.5) is 0 Å². The van der Waals surface area contributed by atoms with Crippen molar-refractivity contribution in [3.8, 4) is 0 Å². The van der Waals surface area contributed by atoms with Gasteiger partial charge in [0.15, 0.2) is 5.82 Å². The van der Waals surface area contributed by atoms with E-state index in [1.54, 1.807) is 6.20 Å². The molecule has 0 spiro atoms. The Kier molecular flexibility index (Phi) is 3.02. The predicted molar refractivity (Wildman–Crippen MR) is 51.8 cm³/mol. The van der Waals surface area contributed by atoms with E-state index in [1.807, 2.05) is 0 Å². The average Bonchev–Trinajstić information content (AvgIpc) is 2.77. The van der Waals surface area contributed by atoms with Crippen molar-refractivity contribution in [1.82, 2.24) is 30.9 Å². The first-order valence-corrected chi connectivity index (χ1v) is 5.07. The standard InChI is InChI=1S/C6H7ClN6S/c7-4-1-9-6(14-4)3-8-2-5-10-12-13-11-5/h1,8H,2-3H2,(H,10,11,12,13). The first-order chi connectivity index (χ1) is 6.84. The van der Waals surface area contributed by atoms with E-state index in [-0.39, 0.29) is 0 Å². The molecule has 0 unspecified atom stereocenters. The van der Waals surface area contributed by atoms with Gasteiger partial charge in [0, 0.05) is 6.54 Å². The maximum absolute atomic E-state index is 5.73. The molecule has 14 heavy (non-hydrogen) atoms. The summed E-state index contributed by atoms with van der Waals surface area (Å²) >= 11 is 7.18. The topological polar surface area (TPSA) is 79.4 Å². The molecule has 0 atom stereocenters. The molecule has 8 heteroatoms. The van der Waals surface area contributed by atoms with Crippen LogP contribution < -0.4 is 5.32 Å². The Morgan fingerprint density at radius 1 is 1.50 bits per heavy atom. The van der Waals surface area contributed by atoms with Gasteiger partial charge in [-0.3, -0.25) is 0 Å². The van der Waals surface area contributed by atoms with Gasteiger partial charge in [-0.05, 0) is 0 Å². The molecule has 2 N–H and O–H groups in total. The third kappa shape index (κ3) is 2.47. The molecule has 0 fully saturated rings. The van der Waals surface area contributed by atoms with Gasteiger partial charge in [0.25, 0.3) is 0 Å². The van der Waals surface area contributed by atoms with Crippen LogP contribution in [0.1, 0.15) is 10.8 Å². The number of nitrogens with zero attached hydrogens (tertiary/aromatic N) is 4. The first-order valence-electron chi connectivity index (χ1n) is 3.88. The summed E-state index contributed by atoms with van der Waals surface area (Å²) in [7, 11) is 0. The van der Waals surface area contributed by atoms with Gasteiger partial charge in [-0.15, -0.1) is 21.5 Å². The molecule has 0 bridgehead atoms. The summed E-state index contributed by atoms with van der Waals surface area (Å²) < 4.78 is 0.696. The van der Waals surface area contributed by atoms with Crippen LogP contribution in [0.25, 0.3) is 0 Å². The number of hydrogen-bond acceptors (Lipinski definition) is 6. The second-order valence-corrected chi connectivity index (χ2v) is 4.24. The molecule has 0 aromatic carbocycles. The highest BCUT2D eigenvalue weighted by molar-refractivity contribution is 7.15. The Morgan fingerprint density at radius 2 is 2.43 bits per heavy atom. The Balaban J connectivity index is 1.78. The van der Waals surface area contributed by atoms with Crippen molar-refractivity contribution in [3.05, 3.63) is 21.4 Å². The summed E-state index contributed by atoms with van der Waals surface area (Å²) in [5.41, 5.74) is 0. The number of tetrazole rings is 1. The van der Waals surface area contributed by atoms with Gasteiger partial charge in [-0.25, -0.2) is 4.98 Å². The van der Waals surface area contributed by atoms with Gasteiger partial charge in [-0.2, -0.15) is 5.21 Å². The molecule has 2 aromatic heterocycles. The fourth-order valence-corrected chi connectivity index (χ4v) is 1.83. The highest BCUT2D eigenvalue weighted by atomic mass is 35.5. The lowest BCUT2D eigenvalue weighted by Gasteiger charge is -1.96. The van der Waals surface area contributed by atoms with Crippen LogP contribution in [0.3, 0.4) is 0 Å². The maximum Gasteiger partial charge on any atom is 0.188 e. The molecule has 0 aliphatic carbocycles. The number of rotatable bonds is 4. The predicted octanol–water partition coefficient (Wildman–Crippen LogP) is 0.599. The molecule has 0 aliphatic heterocycles. The van der Waals surface area contributed by atoms with Crippen molar-refractivity contribution >= 4 is 22.9 Å². The number of thiazole rings is 1. The number of H-pyrrole nitrogens is 1. The lowest BCUT2D eigenvalue weighted by Crippen LogP contribution is -2.13. The molecule has 0 saturated carbocycles. The van der Waals surface area contributed by atoms with E-state index in [0.29, 0.717) is 23.3 Å². The molecule has 74 valence electrons. The van der Waals surface area contributed by atoms with Crippen molar-refractivity contribution in [2.75, 3.05) is 0 Å². The van der Waals surface area contributed by atoms with Gasteiger partial charge in [0.2, 0.25) is 0 Å². The second kappa shape index (κ2) is 4.45. The molecule has 0 radical (unpaired) electrons. The van der Waals surface area contributed by atoms with E-state index in [4.69, 9.17) is 11.6 Å². The Labute approximate surface area is 88.7 Å². The van der Waals surface area contributed by atoms with Crippen molar-refractivity contribution in [3.63, 3.8) is 0 Å². The number of aromatic amines is 1. The lowest BCUT2D eigenvalue weighted by atomic mass is 10.5. The van der Waals surface area contributed by atoms with E-state index < -0.39 is 0 Å². The van der Waals surface area contributed by atoms with E-state index in [1.165, 1.54) is 11.3 Å². The third-order valence-corrected chi connectivity index (χ3v) is 2.59. The SMILES string of the molecule is Clc1cnc(CNCc2nn[nH]n2)s1. The van der Waals surface area contributed by atoms with Crippen LogP contribution in [-0.4, -0.2) is 25.6 Å². The molecule has 2 aromatic rings. The maximum atomic E-state index is 5.73. The molecular weight excluding hydrogens is 224 g/mol. The fraction of sp³-hybridized carbons (Fsp3) is 0.333. The summed E-state index contributed by atoms with van der Waals surface area (Å²) in [6.07, 6.45) is 1.64. The highest BCUT2D eigenvalue weighted by Crippen LogP contribution is 2.17. The number of hydrogen-bond donors (Lipinski definition) is 2. The van der Waals surface area contributed by atoms with Gasteiger partial charge in [-0.1, -0.05) is 16.8 Å². The van der Waals surface area contributed by atoms with Gasteiger partial charge in [0.1, 0.15) is 9.34 Å². The second-order valence-electron chi connectivity index (χ2n) is 2.49. The Hall–Kier alpha value is -1.05. The largest absolute Gasteiger partial charge is 0.303 e. The van der Waals surface area contributed by atoms with Gasteiger partial charge in [0.05, 0.1) is 12.7 Å². The van der Waals surface area contributed by atoms with Crippen LogP contribution >= 0.6 is 22.9 Å². The molecule has 0 amide bonds. The fourth-order valence-electron chi connectivity index (χ4n) is 0.908. The van der Waals surface area contributed by atoms with E-state index in [9.17, 15) is 0 Å². The van der Waals surface area contributed by atoms with Crippen LogP contribution in [-0.2, 0) is 13.1 Å². The zero-order valence-electron chi connectivity index (χ0n) is 7.07. The minimum Gasteiger partial charge on any atom is -0.303 e. The molecular formula is C6H7ClN6S. The third-order valence-electron chi connectivity index (χ3n) is 1.47. The smallest absolute Gasteiger partial charge is 0.188 e.